The summed E-state index contributed by atoms with van der Waals surface area (Å²) in [6.07, 6.45) is 0.723. The van der Waals surface area contributed by atoms with Crippen LogP contribution < -0.4 is 0 Å². The van der Waals surface area contributed by atoms with Crippen LogP contribution in [-0.4, -0.2) is 60.4 Å². The molecule has 0 aliphatic carbocycles. The zero-order valence-electron chi connectivity index (χ0n) is 11.8. The Kier molecular flexibility index (Phi) is 3.62. The van der Waals surface area contributed by atoms with Crippen LogP contribution in [0.2, 0.25) is 0 Å². The second-order valence-corrected chi connectivity index (χ2v) is 5.13. The van der Waals surface area contributed by atoms with Crippen molar-refractivity contribution >= 4 is 17.8 Å². The number of carbonyl (C=O) groups excluding carboxylic acids is 3. The number of amides is 2. The maximum absolute atomic E-state index is 12.2. The summed E-state index contributed by atoms with van der Waals surface area (Å²) in [6.45, 7) is 3.96. The zero-order valence-corrected chi connectivity index (χ0v) is 11.8. The third-order valence-corrected chi connectivity index (χ3v) is 4.28. The summed E-state index contributed by atoms with van der Waals surface area (Å²) in [5.41, 5.74) is 0. The smallest absolute Gasteiger partial charge is 0.324 e. The molecule has 2 aliphatic rings. The number of ether oxygens (including phenoxy) is 1. The van der Waals surface area contributed by atoms with E-state index in [1.807, 2.05) is 11.8 Å². The highest BCUT2D eigenvalue weighted by Crippen LogP contribution is 2.42. The van der Waals surface area contributed by atoms with Crippen LogP contribution in [0.1, 0.15) is 20.3 Å². The molecular formula is C13H20N2O4. The summed E-state index contributed by atoms with van der Waals surface area (Å²) >= 11 is 0. The Morgan fingerprint density at radius 2 is 1.74 bits per heavy atom. The van der Waals surface area contributed by atoms with E-state index in [4.69, 9.17) is 4.74 Å². The van der Waals surface area contributed by atoms with Crippen molar-refractivity contribution < 1.29 is 19.1 Å². The van der Waals surface area contributed by atoms with Gasteiger partial charge in [0, 0.05) is 13.1 Å². The highest BCUT2D eigenvalue weighted by Gasteiger charge is 2.62. The Hall–Kier alpha value is -1.43. The second-order valence-electron chi connectivity index (χ2n) is 5.13. The van der Waals surface area contributed by atoms with E-state index in [0.717, 1.165) is 11.3 Å². The van der Waals surface area contributed by atoms with Crippen LogP contribution in [0.5, 0.6) is 0 Å². The van der Waals surface area contributed by atoms with E-state index in [1.54, 1.807) is 14.0 Å². The Morgan fingerprint density at radius 3 is 2.26 bits per heavy atom. The van der Waals surface area contributed by atoms with Gasteiger partial charge in [-0.3, -0.25) is 24.2 Å². The van der Waals surface area contributed by atoms with Crippen LogP contribution in [0.3, 0.4) is 0 Å². The summed E-state index contributed by atoms with van der Waals surface area (Å²) in [7, 11) is 3.27. The van der Waals surface area contributed by atoms with Gasteiger partial charge in [-0.2, -0.15) is 0 Å². The first-order valence-electron chi connectivity index (χ1n) is 6.65. The number of hydrogen-bond acceptors (Lipinski definition) is 5. The fourth-order valence-electron chi connectivity index (χ4n) is 3.39. The molecule has 0 radical (unpaired) electrons. The summed E-state index contributed by atoms with van der Waals surface area (Å²) in [5, 5.41) is 0. The molecule has 2 fully saturated rings. The van der Waals surface area contributed by atoms with E-state index in [-0.39, 0.29) is 24.5 Å². The molecule has 0 bridgehead atoms. The van der Waals surface area contributed by atoms with Crippen molar-refractivity contribution in [1.82, 2.24) is 9.80 Å². The molecule has 0 saturated carbocycles. The number of carbonyl (C=O) groups is 3. The minimum Gasteiger partial charge on any atom is -0.465 e. The molecule has 106 valence electrons. The van der Waals surface area contributed by atoms with Gasteiger partial charge in [-0.25, -0.2) is 0 Å². The van der Waals surface area contributed by atoms with Gasteiger partial charge in [0.25, 0.3) is 0 Å². The van der Waals surface area contributed by atoms with E-state index in [2.05, 4.69) is 0 Å². The summed E-state index contributed by atoms with van der Waals surface area (Å²) in [4.78, 5) is 39.4. The molecule has 0 spiro atoms. The molecule has 0 aromatic heterocycles. The van der Waals surface area contributed by atoms with Crippen molar-refractivity contribution in [2.45, 2.75) is 32.4 Å². The minimum atomic E-state index is -0.642. The molecule has 4 atom stereocenters. The van der Waals surface area contributed by atoms with Gasteiger partial charge in [-0.15, -0.1) is 0 Å². The van der Waals surface area contributed by atoms with Gasteiger partial charge in [0.15, 0.2) is 0 Å². The molecular weight excluding hydrogens is 248 g/mol. The molecule has 6 heteroatoms. The number of imide groups is 1. The first-order valence-corrected chi connectivity index (χ1v) is 6.65. The highest BCUT2D eigenvalue weighted by molar-refractivity contribution is 6.08. The predicted molar refractivity (Wildman–Crippen MR) is 67.0 cm³/mol. The SMILES string of the molecule is CCOC(=O)[C@H]1[C@H]2C(=O)N(C)C(=O)[C@H]2[C@H](CC)N1C. The van der Waals surface area contributed by atoms with Crippen molar-refractivity contribution in [3.63, 3.8) is 0 Å². The number of esters is 1. The number of nitrogens with zero attached hydrogens (tertiary/aromatic N) is 2. The van der Waals surface area contributed by atoms with E-state index in [1.165, 1.54) is 7.05 Å². The molecule has 2 amide bonds. The molecule has 19 heavy (non-hydrogen) atoms. The fourth-order valence-corrected chi connectivity index (χ4v) is 3.39. The maximum Gasteiger partial charge on any atom is 0.324 e. The monoisotopic (exact) mass is 268 g/mol. The molecule has 6 nitrogen and oxygen atoms in total. The van der Waals surface area contributed by atoms with E-state index >= 15 is 0 Å². The van der Waals surface area contributed by atoms with Gasteiger partial charge in [0.1, 0.15) is 6.04 Å². The second kappa shape index (κ2) is 4.92. The normalized spacial score (nSPS) is 34.8. The fraction of sp³-hybridized carbons (Fsp3) is 0.769. The third kappa shape index (κ3) is 1.85. The minimum absolute atomic E-state index is 0.0826. The Balaban J connectivity index is 2.37. The van der Waals surface area contributed by atoms with Crippen molar-refractivity contribution in [2.24, 2.45) is 11.8 Å². The molecule has 2 rings (SSSR count). The van der Waals surface area contributed by atoms with E-state index < -0.39 is 23.8 Å². The topological polar surface area (TPSA) is 66.9 Å². The van der Waals surface area contributed by atoms with E-state index in [9.17, 15) is 14.4 Å². The largest absolute Gasteiger partial charge is 0.465 e. The summed E-state index contributed by atoms with van der Waals surface area (Å²) < 4.78 is 5.05. The third-order valence-electron chi connectivity index (χ3n) is 4.28. The lowest BCUT2D eigenvalue weighted by atomic mass is 9.88. The lowest BCUT2D eigenvalue weighted by molar-refractivity contribution is -0.153. The molecule has 2 heterocycles. The number of rotatable bonds is 3. The molecule has 0 aromatic rings. The number of likely N-dealkylation sites (tertiary alicyclic amines) is 2. The first-order chi connectivity index (χ1) is 8.95. The highest BCUT2D eigenvalue weighted by atomic mass is 16.5. The Morgan fingerprint density at radius 1 is 1.16 bits per heavy atom. The van der Waals surface area contributed by atoms with Gasteiger partial charge in [-0.05, 0) is 20.4 Å². The molecule has 0 aromatic carbocycles. The van der Waals surface area contributed by atoms with Crippen LogP contribution in [0.4, 0.5) is 0 Å². The summed E-state index contributed by atoms with van der Waals surface area (Å²) in [5.74, 6) is -1.86. The van der Waals surface area contributed by atoms with Crippen molar-refractivity contribution in [3.05, 3.63) is 0 Å². The van der Waals surface area contributed by atoms with Gasteiger partial charge in [-0.1, -0.05) is 6.92 Å². The maximum atomic E-state index is 12.2. The average molecular weight is 268 g/mol. The van der Waals surface area contributed by atoms with Crippen molar-refractivity contribution in [1.29, 1.82) is 0 Å². The number of fused-ring (bicyclic) bond motifs is 1. The predicted octanol–water partition coefficient (Wildman–Crippen LogP) is -0.127. The number of likely N-dealkylation sites (N-methyl/N-ethyl adjacent to an activating group) is 1. The first kappa shape index (κ1) is 14.0. The van der Waals surface area contributed by atoms with E-state index in [0.29, 0.717) is 0 Å². The standard InChI is InChI=1S/C13H20N2O4/c1-5-7-8-9(12(17)15(4)11(8)16)10(14(7)3)13(18)19-6-2/h7-10H,5-6H2,1-4H3/t7-,8-,9-,10+/m0/s1. The molecule has 2 saturated heterocycles. The molecule has 0 N–H and O–H groups in total. The average Bonchev–Trinajstić information content (AvgIpc) is 2.78. The van der Waals surface area contributed by atoms with Gasteiger partial charge >= 0.3 is 5.97 Å². The van der Waals surface area contributed by atoms with Gasteiger partial charge < -0.3 is 4.74 Å². The Labute approximate surface area is 112 Å². The lowest BCUT2D eigenvalue weighted by Gasteiger charge is -2.27. The van der Waals surface area contributed by atoms with Crippen molar-refractivity contribution in [2.75, 3.05) is 20.7 Å². The van der Waals surface area contributed by atoms with Crippen LogP contribution in [-0.2, 0) is 19.1 Å². The van der Waals surface area contributed by atoms with Crippen LogP contribution >= 0.6 is 0 Å². The van der Waals surface area contributed by atoms with Crippen LogP contribution in [0, 0.1) is 11.8 Å². The van der Waals surface area contributed by atoms with Gasteiger partial charge in [0.05, 0.1) is 18.4 Å². The van der Waals surface area contributed by atoms with Gasteiger partial charge in [0.2, 0.25) is 11.8 Å². The Bertz CT molecular complexity index is 423. The van der Waals surface area contributed by atoms with Crippen LogP contribution in [0.25, 0.3) is 0 Å². The summed E-state index contributed by atoms with van der Waals surface area (Å²) in [6, 6.07) is -0.725. The number of hydrogen-bond donors (Lipinski definition) is 0. The lowest BCUT2D eigenvalue weighted by Crippen LogP contribution is -2.45. The molecule has 2 aliphatic heterocycles. The molecule has 0 unspecified atom stereocenters. The quantitative estimate of drug-likeness (QED) is 0.527. The zero-order chi connectivity index (χ0) is 14.3. The van der Waals surface area contributed by atoms with Crippen LogP contribution in [0.15, 0.2) is 0 Å². The van der Waals surface area contributed by atoms with Crippen molar-refractivity contribution in [3.8, 4) is 0 Å².